The van der Waals surface area contributed by atoms with Gasteiger partial charge in [0.25, 0.3) is 5.91 Å². The van der Waals surface area contributed by atoms with Crippen LogP contribution in [0.5, 0.6) is 5.75 Å². The van der Waals surface area contributed by atoms with Gasteiger partial charge in [-0.15, -0.1) is 12.4 Å². The highest BCUT2D eigenvalue weighted by molar-refractivity contribution is 5.99. The van der Waals surface area contributed by atoms with E-state index in [0.717, 1.165) is 26.2 Å². The standard InChI is InChI=1S/C17H19FN4O2.ClH/c1-24-15-9-12(18)2-3-13(15)11-8-14(16(19)23)17(21-10-11)22-6-4-20-5-7-22;/h2-3,8-10,20H,4-7H2,1H3,(H2,19,23);1H. The molecule has 1 aromatic heterocycles. The lowest BCUT2D eigenvalue weighted by Gasteiger charge is -2.29. The first-order chi connectivity index (χ1) is 11.6. The number of piperazine rings is 1. The average molecular weight is 367 g/mol. The van der Waals surface area contributed by atoms with Gasteiger partial charge < -0.3 is 20.7 Å². The molecule has 0 saturated carbocycles. The third kappa shape index (κ3) is 4.00. The molecule has 8 heteroatoms. The maximum absolute atomic E-state index is 13.4. The topological polar surface area (TPSA) is 80.5 Å². The smallest absolute Gasteiger partial charge is 0.252 e. The molecule has 1 saturated heterocycles. The summed E-state index contributed by atoms with van der Waals surface area (Å²) in [5, 5.41) is 3.25. The van der Waals surface area contributed by atoms with Crippen LogP contribution in [0.4, 0.5) is 10.2 Å². The van der Waals surface area contributed by atoms with Crippen LogP contribution in [0.3, 0.4) is 0 Å². The highest BCUT2D eigenvalue weighted by Gasteiger charge is 2.20. The van der Waals surface area contributed by atoms with E-state index < -0.39 is 11.7 Å². The van der Waals surface area contributed by atoms with Gasteiger partial charge >= 0.3 is 0 Å². The van der Waals surface area contributed by atoms with Gasteiger partial charge in [-0.1, -0.05) is 0 Å². The molecule has 1 aliphatic rings. The van der Waals surface area contributed by atoms with E-state index in [2.05, 4.69) is 10.3 Å². The fourth-order valence-electron chi connectivity index (χ4n) is 2.82. The van der Waals surface area contributed by atoms with Crippen LogP contribution in [0.25, 0.3) is 11.1 Å². The Balaban J connectivity index is 0.00000225. The number of nitrogens with two attached hydrogens (primary N) is 1. The Morgan fingerprint density at radius 3 is 2.68 bits per heavy atom. The van der Waals surface area contributed by atoms with Gasteiger partial charge in [-0.25, -0.2) is 9.37 Å². The summed E-state index contributed by atoms with van der Waals surface area (Å²) in [6.07, 6.45) is 1.65. The zero-order valence-electron chi connectivity index (χ0n) is 13.8. The summed E-state index contributed by atoms with van der Waals surface area (Å²) in [5.41, 5.74) is 7.20. The number of pyridine rings is 1. The number of methoxy groups -OCH3 is 1. The van der Waals surface area contributed by atoms with Gasteiger partial charge in [-0.05, 0) is 18.2 Å². The molecule has 1 fully saturated rings. The molecule has 2 aromatic rings. The third-order valence-corrected chi connectivity index (χ3v) is 4.02. The number of hydrogen-bond donors (Lipinski definition) is 2. The highest BCUT2D eigenvalue weighted by atomic mass is 35.5. The molecular formula is C17H20ClFN4O2. The maximum Gasteiger partial charge on any atom is 0.252 e. The van der Waals surface area contributed by atoms with Crippen molar-refractivity contribution in [3.8, 4) is 16.9 Å². The first kappa shape index (κ1) is 19.0. The molecular weight excluding hydrogens is 347 g/mol. The van der Waals surface area contributed by atoms with Crippen molar-refractivity contribution < 1.29 is 13.9 Å². The second kappa shape index (κ2) is 8.13. The van der Waals surface area contributed by atoms with Gasteiger partial charge in [0.15, 0.2) is 0 Å². The Labute approximate surface area is 151 Å². The Hall–Kier alpha value is -2.38. The van der Waals surface area contributed by atoms with E-state index in [-0.39, 0.29) is 12.4 Å². The number of nitrogens with zero attached hydrogens (tertiary/aromatic N) is 2. The summed E-state index contributed by atoms with van der Waals surface area (Å²) in [7, 11) is 1.47. The highest BCUT2D eigenvalue weighted by Crippen LogP contribution is 2.32. The van der Waals surface area contributed by atoms with E-state index >= 15 is 0 Å². The van der Waals surface area contributed by atoms with Gasteiger partial charge in [-0.3, -0.25) is 4.79 Å². The van der Waals surface area contributed by atoms with Gasteiger partial charge in [0.1, 0.15) is 17.4 Å². The summed E-state index contributed by atoms with van der Waals surface area (Å²) >= 11 is 0. The van der Waals surface area contributed by atoms with Crippen molar-refractivity contribution in [2.45, 2.75) is 0 Å². The van der Waals surface area contributed by atoms with Crippen LogP contribution < -0.4 is 20.7 Å². The molecule has 0 bridgehead atoms. The van der Waals surface area contributed by atoms with E-state index in [9.17, 15) is 9.18 Å². The molecule has 0 unspecified atom stereocenters. The molecule has 3 N–H and O–H groups in total. The number of carbonyl (C=O) groups excluding carboxylic acids is 1. The van der Waals surface area contributed by atoms with E-state index in [4.69, 9.17) is 10.5 Å². The summed E-state index contributed by atoms with van der Waals surface area (Å²) < 4.78 is 18.6. The summed E-state index contributed by atoms with van der Waals surface area (Å²) in [6, 6.07) is 5.92. The Morgan fingerprint density at radius 1 is 1.32 bits per heavy atom. The van der Waals surface area contributed by atoms with Crippen LogP contribution in [-0.4, -0.2) is 44.2 Å². The first-order valence-corrected chi connectivity index (χ1v) is 7.69. The van der Waals surface area contributed by atoms with Gasteiger partial charge in [0, 0.05) is 49.6 Å². The number of ether oxygens (including phenoxy) is 1. The van der Waals surface area contributed by atoms with Crippen LogP contribution in [0.1, 0.15) is 10.4 Å². The number of amides is 1. The quantitative estimate of drug-likeness (QED) is 0.862. The Bertz CT molecular complexity index is 766. The molecule has 6 nitrogen and oxygen atoms in total. The van der Waals surface area contributed by atoms with Crippen LogP contribution in [0.15, 0.2) is 30.5 Å². The van der Waals surface area contributed by atoms with Gasteiger partial charge in [0.05, 0.1) is 12.7 Å². The molecule has 25 heavy (non-hydrogen) atoms. The molecule has 2 heterocycles. The van der Waals surface area contributed by atoms with Crippen LogP contribution >= 0.6 is 12.4 Å². The second-order valence-electron chi connectivity index (χ2n) is 5.54. The van der Waals surface area contributed by atoms with Crippen molar-refractivity contribution in [2.75, 3.05) is 38.2 Å². The number of primary amides is 1. The molecule has 1 aromatic carbocycles. The number of anilines is 1. The SMILES string of the molecule is COc1cc(F)ccc1-c1cnc(N2CCNCC2)c(C(N)=O)c1.Cl. The number of rotatable bonds is 4. The van der Waals surface area contributed by atoms with Crippen molar-refractivity contribution in [1.29, 1.82) is 0 Å². The number of aromatic nitrogens is 1. The van der Waals surface area contributed by atoms with Crippen molar-refractivity contribution in [1.82, 2.24) is 10.3 Å². The van der Waals surface area contributed by atoms with E-state index in [0.29, 0.717) is 28.3 Å². The lowest BCUT2D eigenvalue weighted by atomic mass is 10.0. The zero-order valence-corrected chi connectivity index (χ0v) is 14.6. The molecule has 134 valence electrons. The second-order valence-corrected chi connectivity index (χ2v) is 5.54. The van der Waals surface area contributed by atoms with Crippen molar-refractivity contribution >= 4 is 24.1 Å². The number of carbonyl (C=O) groups is 1. The molecule has 3 rings (SSSR count). The molecule has 0 radical (unpaired) electrons. The fraction of sp³-hybridized carbons (Fsp3) is 0.294. The number of benzene rings is 1. The normalized spacial score (nSPS) is 13.9. The minimum absolute atomic E-state index is 0. The van der Waals surface area contributed by atoms with Gasteiger partial charge in [0.2, 0.25) is 0 Å². The summed E-state index contributed by atoms with van der Waals surface area (Å²) in [5.74, 6) is 0.0195. The number of hydrogen-bond acceptors (Lipinski definition) is 5. The van der Waals surface area contributed by atoms with Gasteiger partial charge in [-0.2, -0.15) is 0 Å². The lowest BCUT2D eigenvalue weighted by Crippen LogP contribution is -2.44. The molecule has 0 spiro atoms. The predicted molar refractivity (Wildman–Crippen MR) is 97.0 cm³/mol. The van der Waals surface area contributed by atoms with E-state index in [1.807, 2.05) is 4.90 Å². The maximum atomic E-state index is 13.4. The molecule has 0 aliphatic carbocycles. The van der Waals surface area contributed by atoms with Crippen LogP contribution in [0.2, 0.25) is 0 Å². The van der Waals surface area contributed by atoms with E-state index in [1.165, 1.54) is 19.2 Å². The average Bonchev–Trinajstić information content (AvgIpc) is 2.61. The monoisotopic (exact) mass is 366 g/mol. The minimum atomic E-state index is -0.543. The van der Waals surface area contributed by atoms with Crippen molar-refractivity contribution in [3.05, 3.63) is 41.8 Å². The summed E-state index contributed by atoms with van der Waals surface area (Å²) in [6.45, 7) is 3.17. The predicted octanol–water partition coefficient (Wildman–Crippen LogP) is 1.83. The third-order valence-electron chi connectivity index (χ3n) is 4.02. The Kier molecular flexibility index (Phi) is 6.17. The molecule has 1 aliphatic heterocycles. The van der Waals surface area contributed by atoms with Crippen LogP contribution in [0, 0.1) is 5.82 Å². The van der Waals surface area contributed by atoms with Crippen molar-refractivity contribution in [2.24, 2.45) is 5.73 Å². The lowest BCUT2D eigenvalue weighted by molar-refractivity contribution is 0.100. The largest absolute Gasteiger partial charge is 0.496 e. The number of halogens is 2. The first-order valence-electron chi connectivity index (χ1n) is 7.69. The van der Waals surface area contributed by atoms with E-state index in [1.54, 1.807) is 18.3 Å². The van der Waals surface area contributed by atoms with Crippen LogP contribution in [-0.2, 0) is 0 Å². The Morgan fingerprint density at radius 2 is 2.04 bits per heavy atom. The number of nitrogens with one attached hydrogen (secondary N) is 1. The fourth-order valence-corrected chi connectivity index (χ4v) is 2.82. The molecule has 1 amide bonds. The minimum Gasteiger partial charge on any atom is -0.496 e. The molecule has 0 atom stereocenters. The summed E-state index contributed by atoms with van der Waals surface area (Å²) in [4.78, 5) is 18.4. The zero-order chi connectivity index (χ0) is 17.1. The van der Waals surface area contributed by atoms with Crippen molar-refractivity contribution in [3.63, 3.8) is 0 Å².